The molecule has 1 fully saturated rings. The maximum Gasteiger partial charge on any atom is 0.335 e. The molecular formula is C3H9NO2Si. The van der Waals surface area contributed by atoms with Gasteiger partial charge in [-0.2, -0.15) is 0 Å². The summed E-state index contributed by atoms with van der Waals surface area (Å²) >= 11 is 0. The molecule has 0 aliphatic carbocycles. The minimum atomic E-state index is -2.64. The third-order valence-corrected chi connectivity index (χ3v) is 3.53. The highest BCUT2D eigenvalue weighted by Crippen LogP contribution is 2.24. The van der Waals surface area contributed by atoms with Gasteiger partial charge in [-0.3, -0.25) is 0 Å². The van der Waals surface area contributed by atoms with E-state index in [1.54, 1.807) is 0 Å². The Kier molecular flexibility index (Phi) is 0.962. The van der Waals surface area contributed by atoms with E-state index in [-0.39, 0.29) is 6.04 Å². The average Bonchev–Trinajstić information content (AvgIpc) is 1.27. The molecule has 42 valence electrons. The lowest BCUT2D eigenvalue weighted by molar-refractivity contribution is 0.317. The van der Waals surface area contributed by atoms with E-state index in [1.165, 1.54) is 0 Å². The number of rotatable bonds is 0. The van der Waals surface area contributed by atoms with Gasteiger partial charge in [0, 0.05) is 18.1 Å². The van der Waals surface area contributed by atoms with Gasteiger partial charge in [0.1, 0.15) is 0 Å². The third kappa shape index (κ3) is 1.00. The topological polar surface area (TPSA) is 66.5 Å². The standard InChI is InChI=1S/C3H9NO2Si/c4-3-1-7(5,6)2-3/h3,5-6H,1-2,4H2. The molecule has 1 saturated heterocycles. The quantitative estimate of drug-likeness (QED) is 0.349. The molecule has 0 spiro atoms. The summed E-state index contributed by atoms with van der Waals surface area (Å²) in [6.07, 6.45) is 0. The molecule has 0 radical (unpaired) electrons. The lowest BCUT2D eigenvalue weighted by atomic mass is 10.4. The molecule has 4 N–H and O–H groups in total. The van der Waals surface area contributed by atoms with Crippen LogP contribution in [0.3, 0.4) is 0 Å². The third-order valence-electron chi connectivity index (χ3n) is 1.18. The summed E-state index contributed by atoms with van der Waals surface area (Å²) in [6, 6.07) is 1.00. The van der Waals surface area contributed by atoms with Crippen molar-refractivity contribution in [2.24, 2.45) is 5.73 Å². The van der Waals surface area contributed by atoms with Crippen LogP contribution in [0.5, 0.6) is 0 Å². The number of nitrogens with two attached hydrogens (primary N) is 1. The molecule has 0 unspecified atom stereocenters. The van der Waals surface area contributed by atoms with Crippen LogP contribution in [-0.2, 0) is 0 Å². The van der Waals surface area contributed by atoms with Crippen molar-refractivity contribution in [3.8, 4) is 0 Å². The van der Waals surface area contributed by atoms with E-state index in [9.17, 15) is 0 Å². The molecule has 7 heavy (non-hydrogen) atoms. The number of hydrogen-bond acceptors (Lipinski definition) is 3. The molecule has 0 aromatic rings. The van der Waals surface area contributed by atoms with Crippen LogP contribution in [0.1, 0.15) is 0 Å². The fourth-order valence-electron chi connectivity index (χ4n) is 0.780. The SMILES string of the molecule is NC1C[Si](O)(O)C1. The van der Waals surface area contributed by atoms with Crippen LogP contribution in [0.15, 0.2) is 0 Å². The van der Waals surface area contributed by atoms with E-state index in [0.717, 1.165) is 0 Å². The summed E-state index contributed by atoms with van der Waals surface area (Å²) < 4.78 is 0. The van der Waals surface area contributed by atoms with Crippen LogP contribution >= 0.6 is 0 Å². The van der Waals surface area contributed by atoms with E-state index in [0.29, 0.717) is 12.1 Å². The fourth-order valence-corrected chi connectivity index (χ4v) is 2.34. The normalized spacial score (nSPS) is 29.6. The smallest absolute Gasteiger partial charge is 0.335 e. The number of hydrogen-bond donors (Lipinski definition) is 3. The molecule has 3 nitrogen and oxygen atoms in total. The summed E-state index contributed by atoms with van der Waals surface area (Å²) in [5.74, 6) is 0. The molecule has 4 heteroatoms. The highest BCUT2D eigenvalue weighted by atomic mass is 28.4. The zero-order valence-corrected chi connectivity index (χ0v) is 4.96. The van der Waals surface area contributed by atoms with Crippen LogP contribution in [-0.4, -0.2) is 24.2 Å². The Morgan fingerprint density at radius 2 is 1.86 bits per heavy atom. The minimum Gasteiger partial charge on any atom is -0.411 e. The summed E-state index contributed by atoms with van der Waals surface area (Å²) in [7, 11) is -2.64. The molecular weight excluding hydrogens is 110 g/mol. The van der Waals surface area contributed by atoms with Crippen molar-refractivity contribution < 1.29 is 9.59 Å². The van der Waals surface area contributed by atoms with Gasteiger partial charge in [-0.15, -0.1) is 0 Å². The van der Waals surface area contributed by atoms with Gasteiger partial charge in [-0.05, 0) is 0 Å². The molecule has 1 rings (SSSR count). The molecule has 0 bridgehead atoms. The van der Waals surface area contributed by atoms with Crippen molar-refractivity contribution >= 4 is 8.56 Å². The summed E-state index contributed by atoms with van der Waals surface area (Å²) in [5.41, 5.74) is 5.27. The second-order valence-electron chi connectivity index (χ2n) is 2.15. The van der Waals surface area contributed by atoms with Gasteiger partial charge in [-0.25, -0.2) is 0 Å². The summed E-state index contributed by atoms with van der Waals surface area (Å²) in [4.78, 5) is 17.4. The van der Waals surface area contributed by atoms with Gasteiger partial charge in [0.05, 0.1) is 0 Å². The first-order valence-electron chi connectivity index (χ1n) is 2.30. The molecule has 1 aliphatic rings. The molecule has 0 atom stereocenters. The van der Waals surface area contributed by atoms with Gasteiger partial charge in [0.25, 0.3) is 0 Å². The van der Waals surface area contributed by atoms with Gasteiger partial charge < -0.3 is 15.3 Å². The highest BCUT2D eigenvalue weighted by molar-refractivity contribution is 6.68. The van der Waals surface area contributed by atoms with Crippen LogP contribution < -0.4 is 5.73 Å². The minimum absolute atomic E-state index is 0.0710. The van der Waals surface area contributed by atoms with Crippen molar-refractivity contribution in [3.05, 3.63) is 0 Å². The Morgan fingerprint density at radius 1 is 1.43 bits per heavy atom. The van der Waals surface area contributed by atoms with Crippen LogP contribution in [0.25, 0.3) is 0 Å². The van der Waals surface area contributed by atoms with Crippen molar-refractivity contribution in [2.45, 2.75) is 18.1 Å². The molecule has 0 aromatic heterocycles. The lowest BCUT2D eigenvalue weighted by Crippen LogP contribution is -2.54. The highest BCUT2D eigenvalue weighted by Gasteiger charge is 2.43. The first kappa shape index (κ1) is 5.24. The molecule has 0 aromatic carbocycles. The van der Waals surface area contributed by atoms with E-state index in [4.69, 9.17) is 15.3 Å². The second-order valence-corrected chi connectivity index (χ2v) is 4.93. The summed E-state index contributed by atoms with van der Waals surface area (Å²) in [6.45, 7) is 0. The molecule has 0 amide bonds. The average molecular weight is 119 g/mol. The fraction of sp³-hybridized carbons (Fsp3) is 1.00. The van der Waals surface area contributed by atoms with E-state index in [1.807, 2.05) is 0 Å². The maximum atomic E-state index is 8.70. The van der Waals surface area contributed by atoms with Crippen LogP contribution in [0.2, 0.25) is 12.1 Å². The molecule has 1 aliphatic heterocycles. The van der Waals surface area contributed by atoms with Crippen molar-refractivity contribution in [2.75, 3.05) is 0 Å². The monoisotopic (exact) mass is 119 g/mol. The van der Waals surface area contributed by atoms with E-state index < -0.39 is 8.56 Å². The maximum absolute atomic E-state index is 8.70. The van der Waals surface area contributed by atoms with Gasteiger partial charge >= 0.3 is 8.56 Å². The Bertz CT molecular complexity index is 77.0. The van der Waals surface area contributed by atoms with Crippen LogP contribution in [0.4, 0.5) is 0 Å². The lowest BCUT2D eigenvalue weighted by Gasteiger charge is -2.32. The Labute approximate surface area is 43.0 Å². The van der Waals surface area contributed by atoms with Gasteiger partial charge in [0.2, 0.25) is 0 Å². The summed E-state index contributed by atoms with van der Waals surface area (Å²) in [5, 5.41) is 0. The predicted octanol–water partition coefficient (Wildman–Crippen LogP) is -1.25. The second kappa shape index (κ2) is 1.29. The van der Waals surface area contributed by atoms with E-state index in [2.05, 4.69) is 0 Å². The zero-order valence-electron chi connectivity index (χ0n) is 3.96. The van der Waals surface area contributed by atoms with Gasteiger partial charge in [0.15, 0.2) is 0 Å². The van der Waals surface area contributed by atoms with Crippen molar-refractivity contribution in [1.29, 1.82) is 0 Å². The Hall–Kier alpha value is 0.0969. The molecule has 0 saturated carbocycles. The van der Waals surface area contributed by atoms with E-state index >= 15 is 0 Å². The largest absolute Gasteiger partial charge is 0.411 e. The van der Waals surface area contributed by atoms with Crippen molar-refractivity contribution in [3.63, 3.8) is 0 Å². The molecule has 1 heterocycles. The van der Waals surface area contributed by atoms with Gasteiger partial charge in [-0.1, -0.05) is 0 Å². The first-order chi connectivity index (χ1) is 3.10. The predicted molar refractivity (Wildman–Crippen MR) is 27.8 cm³/mol. The van der Waals surface area contributed by atoms with Crippen molar-refractivity contribution in [1.82, 2.24) is 0 Å². The first-order valence-corrected chi connectivity index (χ1v) is 4.61. The Morgan fingerprint density at radius 3 is 1.86 bits per heavy atom. The Balaban J connectivity index is 2.29. The van der Waals surface area contributed by atoms with Crippen LogP contribution in [0, 0.1) is 0 Å². The zero-order chi connectivity index (χ0) is 5.49.